The summed E-state index contributed by atoms with van der Waals surface area (Å²) < 4.78 is 5.53. The second-order valence-electron chi connectivity index (χ2n) is 5.24. The van der Waals surface area contributed by atoms with Crippen LogP contribution in [0, 0.1) is 4.91 Å². The number of nitrogens with one attached hydrogen (secondary N) is 2. The van der Waals surface area contributed by atoms with E-state index in [0.29, 0.717) is 19.6 Å². The summed E-state index contributed by atoms with van der Waals surface area (Å²) in [5.41, 5.74) is -0.432. The molecular formula is C13H25N3O5. The molecule has 0 saturated carbocycles. The molecule has 0 saturated heterocycles. The number of hydrogen-bond donors (Lipinski definition) is 3. The highest BCUT2D eigenvalue weighted by Crippen LogP contribution is 2.12. The van der Waals surface area contributed by atoms with Crippen LogP contribution in [0.3, 0.4) is 0 Å². The lowest BCUT2D eigenvalue weighted by atomic mass is 10.1. The summed E-state index contributed by atoms with van der Waals surface area (Å²) in [5, 5.41) is 16.5. The molecule has 0 aromatic rings. The van der Waals surface area contributed by atoms with Gasteiger partial charge < -0.3 is 20.5 Å². The first-order valence-electron chi connectivity index (χ1n) is 6.92. The van der Waals surface area contributed by atoms with Gasteiger partial charge >= 0.3 is 5.91 Å². The van der Waals surface area contributed by atoms with Crippen LogP contribution in [-0.4, -0.2) is 55.4 Å². The highest BCUT2D eigenvalue weighted by atomic mass is 16.5. The van der Waals surface area contributed by atoms with E-state index in [1.54, 1.807) is 0 Å². The summed E-state index contributed by atoms with van der Waals surface area (Å²) >= 11 is 0. The lowest BCUT2D eigenvalue weighted by Gasteiger charge is -2.24. The Morgan fingerprint density at radius 1 is 1.38 bits per heavy atom. The number of hydrogen-bond acceptors (Lipinski definition) is 6. The van der Waals surface area contributed by atoms with Crippen LogP contribution in [-0.2, 0) is 14.3 Å². The number of nitrogens with zero attached hydrogens (tertiary/aromatic N) is 1. The van der Waals surface area contributed by atoms with E-state index in [1.807, 2.05) is 13.8 Å². The van der Waals surface area contributed by atoms with Crippen LogP contribution < -0.4 is 10.6 Å². The minimum absolute atomic E-state index is 0.0452. The summed E-state index contributed by atoms with van der Waals surface area (Å²) in [6.45, 7) is 4.45. The molecule has 1 atom stereocenters. The number of nitroso groups, excluding NO2 is 1. The summed E-state index contributed by atoms with van der Waals surface area (Å²) in [4.78, 5) is 32.8. The molecule has 2 amide bonds. The molecule has 0 aliphatic rings. The molecule has 3 N–H and O–H groups in total. The van der Waals surface area contributed by atoms with Gasteiger partial charge in [-0.3, -0.25) is 9.59 Å². The maximum absolute atomic E-state index is 11.6. The molecule has 0 aromatic heterocycles. The molecule has 0 aliphatic carbocycles. The Kier molecular flexibility index (Phi) is 9.68. The van der Waals surface area contributed by atoms with Gasteiger partial charge in [0.25, 0.3) is 0 Å². The normalized spacial score (nSPS) is 12.8. The fourth-order valence-electron chi connectivity index (χ4n) is 1.68. The van der Waals surface area contributed by atoms with Crippen LogP contribution in [0.4, 0.5) is 0 Å². The van der Waals surface area contributed by atoms with Gasteiger partial charge in [-0.1, -0.05) is 0 Å². The molecule has 122 valence electrons. The zero-order valence-corrected chi connectivity index (χ0v) is 12.8. The largest absolute Gasteiger partial charge is 0.396 e. The van der Waals surface area contributed by atoms with Gasteiger partial charge in [-0.05, 0) is 33.7 Å². The van der Waals surface area contributed by atoms with Crippen LogP contribution in [0.1, 0.15) is 33.1 Å². The number of aliphatic hydroxyl groups is 1. The van der Waals surface area contributed by atoms with Gasteiger partial charge in [0.15, 0.2) is 0 Å². The van der Waals surface area contributed by atoms with Gasteiger partial charge in [0.05, 0.1) is 18.2 Å². The Morgan fingerprint density at radius 2 is 2.05 bits per heavy atom. The molecule has 0 bridgehead atoms. The van der Waals surface area contributed by atoms with Crippen molar-refractivity contribution in [1.29, 1.82) is 0 Å². The van der Waals surface area contributed by atoms with Crippen molar-refractivity contribution in [2.75, 3.05) is 26.8 Å². The topological polar surface area (TPSA) is 117 Å². The smallest absolute Gasteiger partial charge is 0.303 e. The number of ether oxygens (including phenoxy) is 1. The zero-order valence-electron chi connectivity index (χ0n) is 12.8. The van der Waals surface area contributed by atoms with Crippen molar-refractivity contribution in [1.82, 2.24) is 10.6 Å². The molecule has 0 rings (SSSR count). The van der Waals surface area contributed by atoms with Crippen LogP contribution in [0.5, 0.6) is 0 Å². The number of aliphatic hydroxyl groups excluding tert-OH is 1. The summed E-state index contributed by atoms with van der Waals surface area (Å²) in [6, 6.07) is -0.729. The average molecular weight is 303 g/mol. The molecular weight excluding hydrogens is 278 g/mol. The molecule has 0 heterocycles. The number of carbonyl (C=O) groups excluding carboxylic acids is 2. The Hall–Kier alpha value is -1.38. The standard InChI is InChI=1S/C13H25N3O5/c1-13(2,6-8-17)21-9-7-15-11(18)5-4-10(14-3)12(19)16-20/h10,14,17H,4-9H2,1-3H3,(H,15,18). The minimum atomic E-state index is -0.806. The Morgan fingerprint density at radius 3 is 2.57 bits per heavy atom. The summed E-state index contributed by atoms with van der Waals surface area (Å²) in [6.07, 6.45) is 0.849. The van der Waals surface area contributed by atoms with Crippen LogP contribution in [0.25, 0.3) is 0 Å². The number of carbonyl (C=O) groups is 2. The minimum Gasteiger partial charge on any atom is -0.396 e. The van der Waals surface area contributed by atoms with Gasteiger partial charge in [-0.25, -0.2) is 0 Å². The third-order valence-electron chi connectivity index (χ3n) is 3.03. The fraction of sp³-hybridized carbons (Fsp3) is 0.846. The lowest BCUT2D eigenvalue weighted by Crippen LogP contribution is -2.36. The van der Waals surface area contributed by atoms with Gasteiger partial charge in [0, 0.05) is 24.7 Å². The second kappa shape index (κ2) is 10.4. The van der Waals surface area contributed by atoms with Gasteiger partial charge in [0.1, 0.15) is 0 Å². The van der Waals surface area contributed by atoms with Crippen molar-refractivity contribution in [3.63, 3.8) is 0 Å². The number of rotatable bonds is 11. The van der Waals surface area contributed by atoms with E-state index < -0.39 is 17.6 Å². The Labute approximate surface area is 124 Å². The second-order valence-corrected chi connectivity index (χ2v) is 5.24. The lowest BCUT2D eigenvalue weighted by molar-refractivity contribution is -0.122. The van der Waals surface area contributed by atoms with Crippen molar-refractivity contribution in [3.8, 4) is 0 Å². The Balaban J connectivity index is 3.86. The molecule has 21 heavy (non-hydrogen) atoms. The van der Waals surface area contributed by atoms with Crippen LogP contribution in [0.15, 0.2) is 5.18 Å². The maximum Gasteiger partial charge on any atom is 0.303 e. The highest BCUT2D eigenvalue weighted by molar-refractivity contribution is 5.83. The summed E-state index contributed by atoms with van der Waals surface area (Å²) in [7, 11) is 1.53. The van der Waals surface area contributed by atoms with Crippen molar-refractivity contribution in [2.45, 2.75) is 44.8 Å². The SMILES string of the molecule is CNC(CCC(=O)NCCOC(C)(C)CCO)C(=O)N=O. The molecule has 1 unspecified atom stereocenters. The van der Waals surface area contributed by atoms with E-state index in [4.69, 9.17) is 9.84 Å². The molecule has 0 aliphatic heterocycles. The van der Waals surface area contributed by atoms with Gasteiger partial charge in [0.2, 0.25) is 5.91 Å². The van der Waals surface area contributed by atoms with Crippen LogP contribution in [0.2, 0.25) is 0 Å². The van der Waals surface area contributed by atoms with Gasteiger partial charge in [-0.15, -0.1) is 4.91 Å². The quantitative estimate of drug-likeness (QED) is 0.364. The first kappa shape index (κ1) is 19.6. The van der Waals surface area contributed by atoms with E-state index in [0.717, 1.165) is 0 Å². The van der Waals surface area contributed by atoms with E-state index in [2.05, 4.69) is 15.8 Å². The first-order chi connectivity index (χ1) is 9.86. The fourth-order valence-corrected chi connectivity index (χ4v) is 1.68. The Bertz CT molecular complexity index is 347. The first-order valence-corrected chi connectivity index (χ1v) is 6.92. The van der Waals surface area contributed by atoms with E-state index in [-0.39, 0.29) is 25.4 Å². The summed E-state index contributed by atoms with van der Waals surface area (Å²) in [5.74, 6) is -1.03. The van der Waals surface area contributed by atoms with Crippen molar-refractivity contribution >= 4 is 11.8 Å². The molecule has 0 aromatic carbocycles. The molecule has 0 fully saturated rings. The van der Waals surface area contributed by atoms with Crippen molar-refractivity contribution in [3.05, 3.63) is 4.91 Å². The van der Waals surface area contributed by atoms with Crippen LogP contribution >= 0.6 is 0 Å². The molecule has 0 spiro atoms. The zero-order chi connectivity index (χ0) is 16.3. The van der Waals surface area contributed by atoms with Gasteiger partial charge in [-0.2, -0.15) is 0 Å². The molecule has 8 heteroatoms. The molecule has 8 nitrogen and oxygen atoms in total. The monoisotopic (exact) mass is 303 g/mol. The van der Waals surface area contributed by atoms with E-state index in [1.165, 1.54) is 7.05 Å². The predicted molar refractivity (Wildman–Crippen MR) is 77.6 cm³/mol. The third kappa shape index (κ3) is 9.22. The van der Waals surface area contributed by atoms with Crippen molar-refractivity contribution < 1.29 is 19.4 Å². The molecule has 0 radical (unpaired) electrons. The average Bonchev–Trinajstić information content (AvgIpc) is 2.43. The maximum atomic E-state index is 11.6. The van der Waals surface area contributed by atoms with E-state index >= 15 is 0 Å². The van der Waals surface area contributed by atoms with Crippen molar-refractivity contribution in [2.24, 2.45) is 5.18 Å². The number of likely N-dealkylation sites (N-methyl/N-ethyl adjacent to an activating group) is 1. The third-order valence-corrected chi connectivity index (χ3v) is 3.03. The number of amides is 2. The highest BCUT2D eigenvalue weighted by Gasteiger charge is 2.19. The van der Waals surface area contributed by atoms with E-state index in [9.17, 15) is 14.5 Å². The predicted octanol–water partition coefficient (Wildman–Crippen LogP) is -0.0586.